The molecule has 0 amide bonds. The number of hydrogen-bond acceptors (Lipinski definition) is 2. The first-order chi connectivity index (χ1) is 5.68. The minimum Gasteiger partial charge on any atom is -0.598 e. The molecule has 0 aromatic heterocycles. The van der Waals surface area contributed by atoms with Gasteiger partial charge in [0, 0.05) is 11.4 Å². The van der Waals surface area contributed by atoms with Crippen molar-refractivity contribution in [1.82, 2.24) is 4.72 Å². The first-order valence-electron chi connectivity index (χ1n) is 3.81. The fourth-order valence-electron chi connectivity index (χ4n) is 0.891. The second kappa shape index (κ2) is 4.50. The van der Waals surface area contributed by atoms with Gasteiger partial charge in [0.25, 0.3) is 0 Å². The lowest BCUT2D eigenvalue weighted by atomic mass is 10.2. The summed E-state index contributed by atoms with van der Waals surface area (Å²) in [5, 5.41) is 0. The number of aryl methyl sites for hydroxylation is 1. The standard InChI is InChI=1S/C9H13NOS/c1-8-3-5-9(6-4-8)7-10-12(2)11/h3-6,10H,7H2,1-2H3. The first-order valence-corrected chi connectivity index (χ1v) is 5.37. The molecule has 0 bridgehead atoms. The molecule has 0 fully saturated rings. The summed E-state index contributed by atoms with van der Waals surface area (Å²) < 4.78 is 13.5. The third-order valence-corrected chi connectivity index (χ3v) is 2.15. The molecule has 1 unspecified atom stereocenters. The van der Waals surface area contributed by atoms with Gasteiger partial charge in [-0.2, -0.15) is 0 Å². The van der Waals surface area contributed by atoms with E-state index < -0.39 is 11.4 Å². The van der Waals surface area contributed by atoms with E-state index in [4.69, 9.17) is 0 Å². The quantitative estimate of drug-likeness (QED) is 0.718. The van der Waals surface area contributed by atoms with Crippen LogP contribution in [-0.4, -0.2) is 10.8 Å². The molecule has 2 nitrogen and oxygen atoms in total. The predicted octanol–water partition coefficient (Wildman–Crippen LogP) is 1.38. The second-order valence-electron chi connectivity index (χ2n) is 2.76. The molecule has 1 aromatic rings. The molecule has 3 heteroatoms. The van der Waals surface area contributed by atoms with Crippen molar-refractivity contribution < 1.29 is 4.55 Å². The molecule has 12 heavy (non-hydrogen) atoms. The van der Waals surface area contributed by atoms with Crippen LogP contribution in [0.15, 0.2) is 24.3 Å². The molecule has 1 N–H and O–H groups in total. The Morgan fingerprint density at radius 2 is 1.92 bits per heavy atom. The lowest BCUT2D eigenvalue weighted by Gasteiger charge is -2.05. The maximum atomic E-state index is 10.7. The Balaban J connectivity index is 2.48. The maximum Gasteiger partial charge on any atom is 0.115 e. The summed E-state index contributed by atoms with van der Waals surface area (Å²) in [6.45, 7) is 2.72. The number of benzene rings is 1. The van der Waals surface area contributed by atoms with Gasteiger partial charge in [0.15, 0.2) is 0 Å². The maximum absolute atomic E-state index is 10.7. The van der Waals surface area contributed by atoms with Crippen LogP contribution in [0.1, 0.15) is 11.1 Å². The SMILES string of the molecule is Cc1ccc(CN[S+](C)[O-])cc1. The molecule has 0 aliphatic carbocycles. The van der Waals surface area contributed by atoms with Crippen molar-refractivity contribution in [3.8, 4) is 0 Å². The van der Waals surface area contributed by atoms with E-state index in [1.54, 1.807) is 6.26 Å². The van der Waals surface area contributed by atoms with Crippen LogP contribution in [0.25, 0.3) is 0 Å². The Hall–Kier alpha value is -0.510. The largest absolute Gasteiger partial charge is 0.598 e. The van der Waals surface area contributed by atoms with Gasteiger partial charge < -0.3 is 4.55 Å². The molecule has 1 rings (SSSR count). The van der Waals surface area contributed by atoms with E-state index in [1.807, 2.05) is 12.1 Å². The highest BCUT2D eigenvalue weighted by molar-refractivity contribution is 7.88. The average Bonchev–Trinajstić information content (AvgIpc) is 2.03. The molecule has 66 valence electrons. The summed E-state index contributed by atoms with van der Waals surface area (Å²) in [5.41, 5.74) is 2.41. The lowest BCUT2D eigenvalue weighted by Crippen LogP contribution is -2.21. The molecular weight excluding hydrogens is 170 g/mol. The predicted molar refractivity (Wildman–Crippen MR) is 52.1 cm³/mol. The lowest BCUT2D eigenvalue weighted by molar-refractivity contribution is 0.586. The Morgan fingerprint density at radius 3 is 2.42 bits per heavy atom. The number of nitrogens with one attached hydrogen (secondary N) is 1. The van der Waals surface area contributed by atoms with Crippen molar-refractivity contribution in [2.24, 2.45) is 0 Å². The smallest absolute Gasteiger partial charge is 0.115 e. The van der Waals surface area contributed by atoms with Crippen LogP contribution in [0.2, 0.25) is 0 Å². The molecule has 0 aliphatic heterocycles. The van der Waals surface area contributed by atoms with E-state index in [0.717, 1.165) is 5.56 Å². The normalized spacial score (nSPS) is 12.9. The van der Waals surface area contributed by atoms with E-state index in [9.17, 15) is 4.55 Å². The van der Waals surface area contributed by atoms with E-state index >= 15 is 0 Å². The van der Waals surface area contributed by atoms with Gasteiger partial charge in [0.05, 0.1) is 6.54 Å². The van der Waals surface area contributed by atoms with Crippen LogP contribution >= 0.6 is 0 Å². The Bertz CT molecular complexity index is 233. The van der Waals surface area contributed by atoms with E-state index in [1.165, 1.54) is 5.56 Å². The van der Waals surface area contributed by atoms with Gasteiger partial charge in [-0.25, -0.2) is 0 Å². The van der Waals surface area contributed by atoms with Crippen LogP contribution in [0, 0.1) is 6.92 Å². The topological polar surface area (TPSA) is 35.1 Å². The summed E-state index contributed by atoms with van der Waals surface area (Å²) in [5.74, 6) is 0. The van der Waals surface area contributed by atoms with Gasteiger partial charge in [-0.1, -0.05) is 29.8 Å². The van der Waals surface area contributed by atoms with Crippen molar-refractivity contribution in [2.75, 3.05) is 6.26 Å². The molecule has 0 heterocycles. The second-order valence-corrected chi connectivity index (χ2v) is 3.96. The Labute approximate surface area is 76.3 Å². The molecule has 0 saturated carbocycles. The fourth-order valence-corrected chi connectivity index (χ4v) is 1.26. The van der Waals surface area contributed by atoms with E-state index in [0.29, 0.717) is 6.54 Å². The molecule has 0 radical (unpaired) electrons. The van der Waals surface area contributed by atoms with Crippen molar-refractivity contribution in [2.45, 2.75) is 13.5 Å². The van der Waals surface area contributed by atoms with Crippen LogP contribution in [0.3, 0.4) is 0 Å². The molecule has 0 saturated heterocycles. The van der Waals surface area contributed by atoms with E-state index in [2.05, 4.69) is 23.8 Å². The fraction of sp³-hybridized carbons (Fsp3) is 0.333. The minimum atomic E-state index is -0.921. The number of hydrogen-bond donors (Lipinski definition) is 1. The molecule has 0 spiro atoms. The highest BCUT2D eigenvalue weighted by Crippen LogP contribution is 2.02. The van der Waals surface area contributed by atoms with Crippen molar-refractivity contribution in [1.29, 1.82) is 0 Å². The van der Waals surface area contributed by atoms with E-state index in [-0.39, 0.29) is 0 Å². The van der Waals surface area contributed by atoms with Crippen LogP contribution < -0.4 is 4.72 Å². The third-order valence-electron chi connectivity index (χ3n) is 1.60. The highest BCUT2D eigenvalue weighted by atomic mass is 32.2. The summed E-state index contributed by atoms with van der Waals surface area (Å²) in [4.78, 5) is 0. The zero-order valence-electron chi connectivity index (χ0n) is 7.33. The Morgan fingerprint density at radius 1 is 1.33 bits per heavy atom. The zero-order valence-corrected chi connectivity index (χ0v) is 8.15. The highest BCUT2D eigenvalue weighted by Gasteiger charge is 1.96. The van der Waals surface area contributed by atoms with Crippen LogP contribution in [0.4, 0.5) is 0 Å². The molecule has 1 aromatic carbocycles. The zero-order chi connectivity index (χ0) is 8.97. The summed E-state index contributed by atoms with van der Waals surface area (Å²) in [7, 11) is 0. The van der Waals surface area contributed by atoms with Gasteiger partial charge in [0.1, 0.15) is 6.26 Å². The minimum absolute atomic E-state index is 0.670. The van der Waals surface area contributed by atoms with Gasteiger partial charge in [-0.3, -0.25) is 0 Å². The average molecular weight is 183 g/mol. The van der Waals surface area contributed by atoms with Gasteiger partial charge >= 0.3 is 0 Å². The molecule has 0 aliphatic rings. The van der Waals surface area contributed by atoms with Crippen molar-refractivity contribution in [3.05, 3.63) is 35.4 Å². The Kier molecular flexibility index (Phi) is 3.59. The summed E-state index contributed by atoms with van der Waals surface area (Å²) in [6.07, 6.45) is 1.63. The number of rotatable bonds is 3. The van der Waals surface area contributed by atoms with Crippen LogP contribution in [0.5, 0.6) is 0 Å². The molecular formula is C9H13NOS. The van der Waals surface area contributed by atoms with Gasteiger partial charge in [0.2, 0.25) is 0 Å². The summed E-state index contributed by atoms with van der Waals surface area (Å²) >= 11 is -0.921. The van der Waals surface area contributed by atoms with Gasteiger partial charge in [-0.15, -0.1) is 4.72 Å². The first kappa shape index (κ1) is 9.58. The summed E-state index contributed by atoms with van der Waals surface area (Å²) in [6, 6.07) is 8.18. The van der Waals surface area contributed by atoms with Crippen molar-refractivity contribution >= 4 is 11.4 Å². The van der Waals surface area contributed by atoms with Crippen LogP contribution in [-0.2, 0) is 17.9 Å². The third kappa shape index (κ3) is 3.26. The molecule has 1 atom stereocenters. The van der Waals surface area contributed by atoms with Crippen molar-refractivity contribution in [3.63, 3.8) is 0 Å². The van der Waals surface area contributed by atoms with Gasteiger partial charge in [-0.05, 0) is 12.5 Å². The monoisotopic (exact) mass is 183 g/mol.